The van der Waals surface area contributed by atoms with Crippen LogP contribution in [0.1, 0.15) is 23.3 Å². The van der Waals surface area contributed by atoms with E-state index in [9.17, 15) is 13.2 Å². The smallest absolute Gasteiger partial charge is 0.274 e. The van der Waals surface area contributed by atoms with Crippen LogP contribution in [-0.2, 0) is 9.84 Å². The van der Waals surface area contributed by atoms with Crippen molar-refractivity contribution in [3.8, 4) is 0 Å². The van der Waals surface area contributed by atoms with Crippen molar-refractivity contribution >= 4 is 15.7 Å². The molecule has 0 N–H and O–H groups in total. The van der Waals surface area contributed by atoms with Crippen LogP contribution in [-0.4, -0.2) is 47.5 Å². The van der Waals surface area contributed by atoms with Crippen LogP contribution in [0.15, 0.2) is 53.8 Å². The number of aromatic nitrogens is 2. The molecule has 7 heteroatoms. The Balaban J connectivity index is 1.68. The maximum atomic E-state index is 12.6. The van der Waals surface area contributed by atoms with E-state index in [2.05, 4.69) is 9.97 Å². The quantitative estimate of drug-likeness (QED) is 0.852. The van der Waals surface area contributed by atoms with Crippen molar-refractivity contribution in [1.29, 1.82) is 0 Å². The minimum absolute atomic E-state index is 0.200. The molecule has 3 rings (SSSR count). The molecule has 0 bridgehead atoms. The predicted octanol–water partition coefficient (Wildman–Crippen LogP) is 1.56. The molecule has 0 unspecified atom stereocenters. The summed E-state index contributed by atoms with van der Waals surface area (Å²) < 4.78 is 25.2. The first-order chi connectivity index (χ1) is 11.1. The zero-order chi connectivity index (χ0) is 16.3. The molecule has 23 heavy (non-hydrogen) atoms. The van der Waals surface area contributed by atoms with E-state index in [0.29, 0.717) is 30.8 Å². The molecule has 1 fully saturated rings. The van der Waals surface area contributed by atoms with Crippen LogP contribution >= 0.6 is 0 Å². The first kappa shape index (κ1) is 15.6. The van der Waals surface area contributed by atoms with Crippen LogP contribution < -0.4 is 0 Å². The van der Waals surface area contributed by atoms with Crippen molar-refractivity contribution in [2.45, 2.75) is 23.0 Å². The average molecular weight is 331 g/mol. The van der Waals surface area contributed by atoms with Crippen LogP contribution in [0.3, 0.4) is 0 Å². The molecule has 1 aromatic carbocycles. The Bertz CT molecular complexity index is 771. The number of piperidine rings is 1. The molecule has 0 radical (unpaired) electrons. The summed E-state index contributed by atoms with van der Waals surface area (Å²) in [6.07, 6.45) is 5.27. The largest absolute Gasteiger partial charge is 0.337 e. The first-order valence-corrected chi connectivity index (χ1v) is 8.98. The number of amides is 1. The number of likely N-dealkylation sites (tertiary alicyclic amines) is 1. The summed E-state index contributed by atoms with van der Waals surface area (Å²) in [5, 5.41) is -0.448. The third-order valence-corrected chi connectivity index (χ3v) is 6.30. The minimum Gasteiger partial charge on any atom is -0.337 e. The topological polar surface area (TPSA) is 80.2 Å². The second kappa shape index (κ2) is 6.45. The highest BCUT2D eigenvalue weighted by Crippen LogP contribution is 2.24. The van der Waals surface area contributed by atoms with Crippen LogP contribution in [0.2, 0.25) is 0 Å². The summed E-state index contributed by atoms with van der Waals surface area (Å²) in [6.45, 7) is 0.818. The Kier molecular flexibility index (Phi) is 4.38. The molecule has 1 aliphatic rings. The van der Waals surface area contributed by atoms with E-state index < -0.39 is 15.1 Å². The maximum absolute atomic E-state index is 12.6. The first-order valence-electron chi connectivity index (χ1n) is 7.43. The van der Waals surface area contributed by atoms with E-state index >= 15 is 0 Å². The Hall–Kier alpha value is -2.28. The molecule has 0 atom stereocenters. The third-order valence-electron chi connectivity index (χ3n) is 4.02. The van der Waals surface area contributed by atoms with Crippen molar-refractivity contribution in [3.05, 3.63) is 54.6 Å². The highest BCUT2D eigenvalue weighted by molar-refractivity contribution is 7.92. The zero-order valence-electron chi connectivity index (χ0n) is 12.5. The molecule has 0 saturated carbocycles. The highest BCUT2D eigenvalue weighted by Gasteiger charge is 2.33. The minimum atomic E-state index is -3.34. The maximum Gasteiger partial charge on any atom is 0.274 e. The molecular weight excluding hydrogens is 314 g/mol. The lowest BCUT2D eigenvalue weighted by molar-refractivity contribution is 0.0719. The standard InChI is InChI=1S/C16H17N3O3S/c20-16(15-12-17-8-9-18-15)19-10-6-14(7-11-19)23(21,22)13-4-2-1-3-5-13/h1-5,8-9,12,14H,6-7,10-11H2. The fourth-order valence-corrected chi connectivity index (χ4v) is 4.50. The SMILES string of the molecule is O=C(c1cnccn1)N1CCC(S(=O)(=O)c2ccccc2)CC1. The Morgan fingerprint density at radius 1 is 1.09 bits per heavy atom. The Morgan fingerprint density at radius 2 is 1.78 bits per heavy atom. The van der Waals surface area contributed by atoms with Crippen LogP contribution in [0.5, 0.6) is 0 Å². The molecule has 6 nitrogen and oxygen atoms in total. The molecule has 1 aliphatic heterocycles. The van der Waals surface area contributed by atoms with Gasteiger partial charge in [-0.2, -0.15) is 0 Å². The van der Waals surface area contributed by atoms with Gasteiger partial charge in [-0.15, -0.1) is 0 Å². The lowest BCUT2D eigenvalue weighted by atomic mass is 10.1. The summed E-state index contributed by atoms with van der Waals surface area (Å²) in [6, 6.07) is 8.47. The average Bonchev–Trinajstić information content (AvgIpc) is 2.63. The van der Waals surface area contributed by atoms with E-state index in [1.807, 2.05) is 0 Å². The zero-order valence-corrected chi connectivity index (χ0v) is 13.3. The summed E-state index contributed by atoms with van der Waals surface area (Å²) in [4.78, 5) is 22.2. The van der Waals surface area contributed by atoms with Gasteiger partial charge in [0.2, 0.25) is 0 Å². The normalized spacial score (nSPS) is 16.3. The number of hydrogen-bond donors (Lipinski definition) is 0. The van der Waals surface area contributed by atoms with Gasteiger partial charge in [0.05, 0.1) is 16.3 Å². The molecule has 0 spiro atoms. The molecule has 1 aromatic heterocycles. The number of carbonyl (C=O) groups excluding carboxylic acids is 1. The van der Waals surface area contributed by atoms with Gasteiger partial charge in [0.25, 0.3) is 5.91 Å². The van der Waals surface area contributed by atoms with Crippen molar-refractivity contribution < 1.29 is 13.2 Å². The fourth-order valence-electron chi connectivity index (χ4n) is 2.74. The van der Waals surface area contributed by atoms with Gasteiger partial charge in [0.15, 0.2) is 9.84 Å². The summed E-state index contributed by atoms with van der Waals surface area (Å²) in [5.74, 6) is -0.200. The second-order valence-corrected chi connectivity index (χ2v) is 7.67. The van der Waals surface area contributed by atoms with Gasteiger partial charge in [-0.1, -0.05) is 18.2 Å². The summed E-state index contributed by atoms with van der Waals surface area (Å²) in [5.41, 5.74) is 0.289. The van der Waals surface area contributed by atoms with Crippen LogP contribution in [0, 0.1) is 0 Å². The Labute approximate surface area is 135 Å². The number of sulfone groups is 1. The van der Waals surface area contributed by atoms with Crippen LogP contribution in [0.25, 0.3) is 0 Å². The Morgan fingerprint density at radius 3 is 2.39 bits per heavy atom. The molecule has 1 amide bonds. The van der Waals surface area contributed by atoms with E-state index in [1.165, 1.54) is 18.6 Å². The van der Waals surface area contributed by atoms with E-state index in [0.717, 1.165) is 0 Å². The highest BCUT2D eigenvalue weighted by atomic mass is 32.2. The van der Waals surface area contributed by atoms with Crippen molar-refractivity contribution in [2.75, 3.05) is 13.1 Å². The van der Waals surface area contributed by atoms with Gasteiger partial charge in [0.1, 0.15) is 5.69 Å². The number of rotatable bonds is 3. The molecule has 120 valence electrons. The molecule has 2 heterocycles. The van der Waals surface area contributed by atoms with Gasteiger partial charge in [-0.3, -0.25) is 9.78 Å². The number of nitrogens with zero attached hydrogens (tertiary/aromatic N) is 3. The van der Waals surface area contributed by atoms with Gasteiger partial charge in [-0.05, 0) is 25.0 Å². The van der Waals surface area contributed by atoms with Crippen molar-refractivity contribution in [3.63, 3.8) is 0 Å². The molecule has 2 aromatic rings. The monoisotopic (exact) mass is 331 g/mol. The summed E-state index contributed by atoms with van der Waals surface area (Å²) in [7, 11) is -3.34. The lowest BCUT2D eigenvalue weighted by Crippen LogP contribution is -2.42. The van der Waals surface area contributed by atoms with Crippen molar-refractivity contribution in [2.24, 2.45) is 0 Å². The molecule has 0 aliphatic carbocycles. The number of carbonyl (C=O) groups is 1. The fraction of sp³-hybridized carbons (Fsp3) is 0.312. The lowest BCUT2D eigenvalue weighted by Gasteiger charge is -2.31. The van der Waals surface area contributed by atoms with E-state index in [4.69, 9.17) is 0 Å². The number of benzene rings is 1. The summed E-state index contributed by atoms with van der Waals surface area (Å²) >= 11 is 0. The van der Waals surface area contributed by atoms with E-state index in [-0.39, 0.29) is 11.6 Å². The van der Waals surface area contributed by atoms with Crippen LogP contribution in [0.4, 0.5) is 0 Å². The van der Waals surface area contributed by atoms with Crippen molar-refractivity contribution in [1.82, 2.24) is 14.9 Å². The van der Waals surface area contributed by atoms with Gasteiger partial charge in [0, 0.05) is 25.5 Å². The number of hydrogen-bond acceptors (Lipinski definition) is 5. The van der Waals surface area contributed by atoms with Gasteiger partial charge in [-0.25, -0.2) is 13.4 Å². The van der Waals surface area contributed by atoms with Gasteiger partial charge >= 0.3 is 0 Å². The molecule has 1 saturated heterocycles. The molecular formula is C16H17N3O3S. The third kappa shape index (κ3) is 3.24. The second-order valence-electron chi connectivity index (χ2n) is 5.44. The predicted molar refractivity (Wildman–Crippen MR) is 84.6 cm³/mol. The van der Waals surface area contributed by atoms with Gasteiger partial charge < -0.3 is 4.90 Å². The van der Waals surface area contributed by atoms with E-state index in [1.54, 1.807) is 35.2 Å².